The second-order valence-corrected chi connectivity index (χ2v) is 14.0. The lowest BCUT2D eigenvalue weighted by molar-refractivity contribution is 0.673. The Labute approximate surface area is 307 Å². The smallest absolute Gasteiger partial charge is 0.143 e. The molecule has 0 unspecified atom stereocenters. The fourth-order valence-electron chi connectivity index (χ4n) is 9.05. The summed E-state index contributed by atoms with van der Waals surface area (Å²) < 4.78 is 6.52. The molecule has 0 saturated carbocycles. The summed E-state index contributed by atoms with van der Waals surface area (Å²) in [5.74, 6) is 0. The third-order valence-electron chi connectivity index (χ3n) is 11.3. The number of rotatable bonds is 5. The average molecular weight is 676 g/mol. The van der Waals surface area contributed by atoms with Crippen molar-refractivity contribution in [3.63, 3.8) is 0 Å². The zero-order chi connectivity index (χ0) is 34.9. The zero-order valence-corrected chi connectivity index (χ0v) is 28.9. The maximum absolute atomic E-state index is 6.52. The van der Waals surface area contributed by atoms with Gasteiger partial charge in [-0.05, 0) is 98.1 Å². The van der Waals surface area contributed by atoms with Gasteiger partial charge in [-0.3, -0.25) is 0 Å². The maximum atomic E-state index is 6.52. The first-order valence-electron chi connectivity index (χ1n) is 18.3. The lowest BCUT2D eigenvalue weighted by Crippen LogP contribution is -2.28. The van der Waals surface area contributed by atoms with Crippen molar-refractivity contribution in [2.45, 2.75) is 5.41 Å². The minimum absolute atomic E-state index is 0.434. The van der Waals surface area contributed by atoms with Gasteiger partial charge in [-0.25, -0.2) is 0 Å². The van der Waals surface area contributed by atoms with Gasteiger partial charge >= 0.3 is 0 Å². The van der Waals surface area contributed by atoms with Crippen molar-refractivity contribution in [1.29, 1.82) is 0 Å². The molecule has 0 atom stereocenters. The van der Waals surface area contributed by atoms with Gasteiger partial charge in [0, 0.05) is 33.2 Å². The highest BCUT2D eigenvalue weighted by Gasteiger charge is 2.45. The first-order chi connectivity index (χ1) is 26.3. The van der Waals surface area contributed by atoms with Crippen molar-refractivity contribution in [1.82, 2.24) is 0 Å². The minimum atomic E-state index is -0.434. The molecule has 0 radical (unpaired) electrons. The fourth-order valence-corrected chi connectivity index (χ4v) is 9.05. The number of anilines is 3. The van der Waals surface area contributed by atoms with Gasteiger partial charge in [0.15, 0.2) is 0 Å². The Balaban J connectivity index is 1.09. The van der Waals surface area contributed by atoms with Crippen molar-refractivity contribution in [3.8, 4) is 11.1 Å². The molecule has 2 heteroatoms. The molecule has 0 fully saturated rings. The van der Waals surface area contributed by atoms with E-state index in [1.165, 1.54) is 49.5 Å². The SMILES string of the molecule is c1ccc(N(c2ccc(C3(c4ccccc4)c4ccccc4-c4ccccc43)cc2)c2ccc3c(ccc4ccc5c6ccccc6oc5c43)c2)cc1. The highest BCUT2D eigenvalue weighted by atomic mass is 16.3. The Kier molecular flexibility index (Phi) is 6.50. The van der Waals surface area contributed by atoms with Crippen LogP contribution in [0.3, 0.4) is 0 Å². The molecule has 0 spiro atoms. The Hall–Kier alpha value is -6.90. The second kappa shape index (κ2) is 11.6. The van der Waals surface area contributed by atoms with Crippen LogP contribution in [0.5, 0.6) is 0 Å². The third-order valence-corrected chi connectivity index (χ3v) is 11.3. The van der Waals surface area contributed by atoms with Crippen molar-refractivity contribution in [2.24, 2.45) is 0 Å². The predicted octanol–water partition coefficient (Wildman–Crippen LogP) is 13.7. The molecule has 2 nitrogen and oxygen atoms in total. The van der Waals surface area contributed by atoms with E-state index in [4.69, 9.17) is 4.42 Å². The van der Waals surface area contributed by atoms with Crippen LogP contribution in [0.15, 0.2) is 205 Å². The molecular weight excluding hydrogens is 643 g/mol. The molecule has 0 bridgehead atoms. The largest absolute Gasteiger partial charge is 0.455 e. The van der Waals surface area contributed by atoms with Gasteiger partial charge < -0.3 is 9.32 Å². The highest BCUT2D eigenvalue weighted by molar-refractivity contribution is 6.23. The molecule has 1 aromatic heterocycles. The molecule has 1 aliphatic carbocycles. The van der Waals surface area contributed by atoms with Gasteiger partial charge in [-0.1, -0.05) is 152 Å². The van der Waals surface area contributed by atoms with Crippen LogP contribution in [0.1, 0.15) is 22.3 Å². The first-order valence-corrected chi connectivity index (χ1v) is 18.3. The van der Waals surface area contributed by atoms with Gasteiger partial charge in [-0.2, -0.15) is 0 Å². The lowest BCUT2D eigenvalue weighted by atomic mass is 9.68. The molecule has 248 valence electrons. The van der Waals surface area contributed by atoms with Gasteiger partial charge in [0.25, 0.3) is 0 Å². The summed E-state index contributed by atoms with van der Waals surface area (Å²) in [7, 11) is 0. The van der Waals surface area contributed by atoms with E-state index in [9.17, 15) is 0 Å². The van der Waals surface area contributed by atoms with E-state index >= 15 is 0 Å². The molecule has 0 saturated heterocycles. The van der Waals surface area contributed by atoms with Crippen LogP contribution in [-0.4, -0.2) is 0 Å². The standard InChI is InChI=1S/C51H33NO/c1-3-13-36(14-4-1)51(46-20-10-7-17-42(46)43-18-8-11-21-47(43)51)37-26-28-39(29-27-37)52(38-15-5-2-6-16-38)40-30-32-41-35(33-40)24-23-34-25-31-45-44-19-9-12-22-48(44)53-50(45)49(34)41/h1-33H. The summed E-state index contributed by atoms with van der Waals surface area (Å²) >= 11 is 0. The summed E-state index contributed by atoms with van der Waals surface area (Å²) in [6, 6.07) is 72.7. The molecule has 0 N–H and O–H groups in total. The van der Waals surface area contributed by atoms with Crippen LogP contribution < -0.4 is 4.90 Å². The van der Waals surface area contributed by atoms with Crippen molar-refractivity contribution in [3.05, 3.63) is 222 Å². The number of nitrogens with zero attached hydrogens (tertiary/aromatic N) is 1. The molecule has 9 aromatic carbocycles. The topological polar surface area (TPSA) is 16.4 Å². The van der Waals surface area contributed by atoms with Crippen molar-refractivity contribution >= 4 is 60.5 Å². The van der Waals surface area contributed by atoms with Crippen LogP contribution >= 0.6 is 0 Å². The Morgan fingerprint density at radius 2 is 0.925 bits per heavy atom. The molecule has 1 heterocycles. The highest BCUT2D eigenvalue weighted by Crippen LogP contribution is 2.56. The van der Waals surface area contributed by atoms with Crippen LogP contribution in [0.25, 0.3) is 54.6 Å². The Morgan fingerprint density at radius 3 is 1.68 bits per heavy atom. The van der Waals surface area contributed by atoms with E-state index in [1.807, 2.05) is 6.07 Å². The normalized spacial score (nSPS) is 13.1. The Morgan fingerprint density at radius 1 is 0.377 bits per heavy atom. The van der Waals surface area contributed by atoms with Crippen molar-refractivity contribution < 1.29 is 4.42 Å². The molecule has 53 heavy (non-hydrogen) atoms. The number of hydrogen-bond donors (Lipinski definition) is 0. The first kappa shape index (κ1) is 29.8. The lowest BCUT2D eigenvalue weighted by Gasteiger charge is -2.34. The van der Waals surface area contributed by atoms with E-state index in [0.29, 0.717) is 0 Å². The fraction of sp³-hybridized carbons (Fsp3) is 0.0196. The molecule has 1 aliphatic rings. The van der Waals surface area contributed by atoms with Crippen LogP contribution in [0.4, 0.5) is 17.1 Å². The molecule has 0 aliphatic heterocycles. The molecule has 11 rings (SSSR count). The summed E-state index contributed by atoms with van der Waals surface area (Å²) in [6.07, 6.45) is 0. The van der Waals surface area contributed by atoms with Crippen LogP contribution in [0, 0.1) is 0 Å². The van der Waals surface area contributed by atoms with E-state index in [0.717, 1.165) is 44.4 Å². The maximum Gasteiger partial charge on any atom is 0.143 e. The van der Waals surface area contributed by atoms with E-state index in [2.05, 4.69) is 199 Å². The van der Waals surface area contributed by atoms with Gasteiger partial charge in [0.1, 0.15) is 11.2 Å². The molecular formula is C51H33NO. The average Bonchev–Trinajstić information content (AvgIpc) is 3.76. The van der Waals surface area contributed by atoms with Gasteiger partial charge in [0.05, 0.1) is 5.41 Å². The van der Waals surface area contributed by atoms with Gasteiger partial charge in [-0.15, -0.1) is 0 Å². The summed E-state index contributed by atoms with van der Waals surface area (Å²) in [5.41, 5.74) is 12.5. The van der Waals surface area contributed by atoms with Gasteiger partial charge in [0.2, 0.25) is 0 Å². The summed E-state index contributed by atoms with van der Waals surface area (Å²) in [6.45, 7) is 0. The third kappa shape index (κ3) is 4.33. The molecule has 10 aromatic rings. The summed E-state index contributed by atoms with van der Waals surface area (Å²) in [5, 5.41) is 6.98. The Bertz CT molecular complexity index is 2950. The monoisotopic (exact) mass is 675 g/mol. The minimum Gasteiger partial charge on any atom is -0.455 e. The van der Waals surface area contributed by atoms with E-state index < -0.39 is 5.41 Å². The van der Waals surface area contributed by atoms with Crippen LogP contribution in [0.2, 0.25) is 0 Å². The molecule has 0 amide bonds. The number of furan rings is 1. The number of fused-ring (bicyclic) bond motifs is 10. The zero-order valence-electron chi connectivity index (χ0n) is 28.9. The summed E-state index contributed by atoms with van der Waals surface area (Å²) in [4.78, 5) is 2.36. The van der Waals surface area contributed by atoms with Crippen LogP contribution in [-0.2, 0) is 5.41 Å². The number of benzene rings is 9. The number of para-hydroxylation sites is 2. The van der Waals surface area contributed by atoms with E-state index in [1.54, 1.807) is 0 Å². The quantitative estimate of drug-likeness (QED) is 0.169. The predicted molar refractivity (Wildman–Crippen MR) is 221 cm³/mol. The second-order valence-electron chi connectivity index (χ2n) is 14.0. The van der Waals surface area contributed by atoms with Crippen molar-refractivity contribution in [2.75, 3.05) is 4.90 Å². The van der Waals surface area contributed by atoms with E-state index in [-0.39, 0.29) is 0 Å². The number of hydrogen-bond acceptors (Lipinski definition) is 2.